The number of piperidine rings is 1. The minimum atomic E-state index is -0.406. The van der Waals surface area contributed by atoms with Crippen molar-refractivity contribution < 1.29 is 9.53 Å². The third kappa shape index (κ3) is 5.54. The number of carbonyl (C=O) groups excluding carboxylic acids is 1. The smallest absolute Gasteiger partial charge is 0.238 e. The highest BCUT2D eigenvalue weighted by Gasteiger charge is 2.32. The molecule has 1 amide bonds. The Hall–Kier alpha value is -2.84. The topological polar surface area (TPSA) is 72.3 Å². The number of thioether (sulfide) groups is 1. The lowest BCUT2D eigenvalue weighted by molar-refractivity contribution is -0.120. The monoisotopic (exact) mass is 491 g/mol. The molecule has 1 aliphatic heterocycles. The van der Waals surface area contributed by atoms with Gasteiger partial charge in [0.1, 0.15) is 11.0 Å². The summed E-state index contributed by atoms with van der Waals surface area (Å²) in [6, 6.07) is 18.3. The van der Waals surface area contributed by atoms with Crippen LogP contribution in [0, 0.1) is 0 Å². The van der Waals surface area contributed by atoms with E-state index in [0.29, 0.717) is 11.2 Å². The van der Waals surface area contributed by atoms with Crippen LogP contribution in [0.5, 0.6) is 5.75 Å². The number of aromatic nitrogens is 3. The Morgan fingerprint density at radius 3 is 2.40 bits per heavy atom. The van der Waals surface area contributed by atoms with Gasteiger partial charge in [0, 0.05) is 11.7 Å². The van der Waals surface area contributed by atoms with Gasteiger partial charge in [0.05, 0.1) is 13.2 Å². The van der Waals surface area contributed by atoms with Crippen molar-refractivity contribution in [3.8, 4) is 11.4 Å². The van der Waals surface area contributed by atoms with Gasteiger partial charge in [-0.15, -0.1) is 10.2 Å². The molecule has 0 unspecified atom stereocenters. The van der Waals surface area contributed by atoms with Crippen molar-refractivity contribution in [1.29, 1.82) is 0 Å². The van der Waals surface area contributed by atoms with Crippen LogP contribution in [0.25, 0.3) is 5.69 Å². The van der Waals surface area contributed by atoms with Gasteiger partial charge in [0.15, 0.2) is 11.0 Å². The number of rotatable bonds is 9. The molecule has 7 nitrogen and oxygen atoms in total. The lowest BCUT2D eigenvalue weighted by Gasteiger charge is -2.32. The van der Waals surface area contributed by atoms with Crippen LogP contribution in [-0.2, 0) is 4.79 Å². The number of methoxy groups -OCH3 is 1. The second-order valence-corrected chi connectivity index (χ2v) is 10.4. The highest BCUT2D eigenvalue weighted by Crippen LogP contribution is 2.38. The highest BCUT2D eigenvalue weighted by atomic mass is 32.2. The second-order valence-electron chi connectivity index (χ2n) is 9.34. The van der Waals surface area contributed by atoms with Gasteiger partial charge in [0.25, 0.3) is 0 Å². The Balaban J connectivity index is 1.52. The van der Waals surface area contributed by atoms with Gasteiger partial charge in [0.2, 0.25) is 5.91 Å². The molecule has 5 rings (SSSR count). The van der Waals surface area contributed by atoms with Crippen LogP contribution in [0.15, 0.2) is 59.8 Å². The zero-order valence-corrected chi connectivity index (χ0v) is 21.2. The number of nitrogens with one attached hydrogen (secondary N) is 1. The fourth-order valence-corrected chi connectivity index (χ4v) is 5.65. The summed E-state index contributed by atoms with van der Waals surface area (Å²) in [6.07, 6.45) is 5.80. The summed E-state index contributed by atoms with van der Waals surface area (Å²) in [5, 5.41) is 12.8. The minimum absolute atomic E-state index is 0.0265. The van der Waals surface area contributed by atoms with Crippen molar-refractivity contribution in [2.45, 2.75) is 61.5 Å². The lowest BCUT2D eigenvalue weighted by atomic mass is 10.1. The molecule has 1 saturated heterocycles. The molecule has 2 heterocycles. The number of ether oxygens (including phenoxy) is 1. The third-order valence-corrected chi connectivity index (χ3v) is 7.99. The largest absolute Gasteiger partial charge is 0.497 e. The number of hydrogen-bond donors (Lipinski definition) is 1. The Morgan fingerprint density at radius 2 is 1.74 bits per heavy atom. The van der Waals surface area contributed by atoms with Crippen molar-refractivity contribution in [2.75, 3.05) is 20.2 Å². The molecule has 3 aromatic rings. The molecule has 2 fully saturated rings. The van der Waals surface area contributed by atoms with E-state index in [-0.39, 0.29) is 11.9 Å². The molecule has 2 atom stereocenters. The van der Waals surface area contributed by atoms with Crippen molar-refractivity contribution in [2.24, 2.45) is 0 Å². The molecular formula is C27H33N5O2S. The lowest BCUT2D eigenvalue weighted by Crippen LogP contribution is -2.33. The summed E-state index contributed by atoms with van der Waals surface area (Å²) in [5.41, 5.74) is 1.93. The van der Waals surface area contributed by atoms with Gasteiger partial charge >= 0.3 is 0 Å². The molecule has 35 heavy (non-hydrogen) atoms. The van der Waals surface area contributed by atoms with Crippen molar-refractivity contribution >= 4 is 17.7 Å². The van der Waals surface area contributed by atoms with E-state index < -0.39 is 5.25 Å². The van der Waals surface area contributed by atoms with Crippen LogP contribution in [0.2, 0.25) is 0 Å². The Bertz CT molecular complexity index is 1120. The summed E-state index contributed by atoms with van der Waals surface area (Å²) >= 11 is 1.46. The molecule has 8 heteroatoms. The van der Waals surface area contributed by atoms with Crippen LogP contribution in [-0.4, -0.2) is 51.8 Å². The van der Waals surface area contributed by atoms with Gasteiger partial charge in [-0.3, -0.25) is 14.3 Å². The number of benzene rings is 2. The number of amides is 1. The standard InChI is InChI=1S/C27H33N5O2S/c1-19(31-17-7-4-8-18-31)25-29-30-27(32(25)22-13-15-23(34-2)16-14-22)35-24(20-9-5-3-6-10-20)26(33)28-21-11-12-21/h3,5-6,9-10,13-16,19,21,24H,4,7-8,11-12,17-18H2,1-2H3,(H,28,33)/t19-,24+/m1/s1. The van der Waals surface area contributed by atoms with Crippen LogP contribution in [0.1, 0.15) is 61.7 Å². The molecule has 1 saturated carbocycles. The molecule has 0 spiro atoms. The summed E-state index contributed by atoms with van der Waals surface area (Å²) in [7, 11) is 1.67. The summed E-state index contributed by atoms with van der Waals surface area (Å²) < 4.78 is 7.49. The average Bonchev–Trinajstić information content (AvgIpc) is 3.63. The minimum Gasteiger partial charge on any atom is -0.497 e. The first-order chi connectivity index (χ1) is 17.1. The van der Waals surface area contributed by atoms with Crippen LogP contribution in [0.3, 0.4) is 0 Å². The fraction of sp³-hybridized carbons (Fsp3) is 0.444. The van der Waals surface area contributed by atoms with Crippen molar-refractivity contribution in [3.05, 3.63) is 66.0 Å². The van der Waals surface area contributed by atoms with E-state index >= 15 is 0 Å². The molecule has 0 radical (unpaired) electrons. The molecule has 0 bridgehead atoms. The maximum absolute atomic E-state index is 13.3. The number of carbonyl (C=O) groups is 1. The first-order valence-corrected chi connectivity index (χ1v) is 13.4. The second kappa shape index (κ2) is 10.8. The summed E-state index contributed by atoms with van der Waals surface area (Å²) in [5.74, 6) is 1.72. The van der Waals surface area contributed by atoms with Crippen LogP contribution >= 0.6 is 11.8 Å². The SMILES string of the molecule is COc1ccc(-n2c(S[C@H](C(=O)NC3CC3)c3ccccc3)nnc2[C@@H](C)N2CCCCC2)cc1. The van der Waals surface area contributed by atoms with E-state index in [4.69, 9.17) is 4.74 Å². The average molecular weight is 492 g/mol. The highest BCUT2D eigenvalue weighted by molar-refractivity contribution is 8.00. The Kier molecular flexibility index (Phi) is 7.39. The van der Waals surface area contributed by atoms with Crippen molar-refractivity contribution in [3.63, 3.8) is 0 Å². The van der Waals surface area contributed by atoms with Gasteiger partial charge in [-0.1, -0.05) is 48.5 Å². The van der Waals surface area contributed by atoms with Gasteiger partial charge in [-0.25, -0.2) is 0 Å². The summed E-state index contributed by atoms with van der Waals surface area (Å²) in [4.78, 5) is 15.8. The molecule has 1 N–H and O–H groups in total. The Morgan fingerprint density at radius 1 is 1.03 bits per heavy atom. The zero-order valence-electron chi connectivity index (χ0n) is 20.4. The first kappa shape index (κ1) is 23.9. The quantitative estimate of drug-likeness (QED) is 0.428. The van der Waals surface area contributed by atoms with Crippen LogP contribution < -0.4 is 10.1 Å². The van der Waals surface area contributed by atoms with E-state index in [9.17, 15) is 4.79 Å². The molecule has 1 aliphatic carbocycles. The maximum atomic E-state index is 13.3. The fourth-order valence-electron chi connectivity index (χ4n) is 4.58. The van der Waals surface area contributed by atoms with Crippen molar-refractivity contribution in [1.82, 2.24) is 25.0 Å². The van der Waals surface area contributed by atoms with E-state index in [1.165, 1.54) is 31.0 Å². The van der Waals surface area contributed by atoms with Crippen LogP contribution in [0.4, 0.5) is 0 Å². The van der Waals surface area contributed by atoms with Gasteiger partial charge in [-0.2, -0.15) is 0 Å². The van der Waals surface area contributed by atoms with Gasteiger partial charge < -0.3 is 10.1 Å². The predicted octanol–water partition coefficient (Wildman–Crippen LogP) is 4.93. The Labute approximate surface area is 211 Å². The van der Waals surface area contributed by atoms with E-state index in [1.54, 1.807) is 7.11 Å². The number of likely N-dealkylation sites (tertiary alicyclic amines) is 1. The molecular weight excluding hydrogens is 458 g/mol. The zero-order chi connectivity index (χ0) is 24.2. The summed E-state index contributed by atoms with van der Waals surface area (Å²) in [6.45, 7) is 4.34. The molecule has 2 aromatic carbocycles. The van der Waals surface area contributed by atoms with E-state index in [2.05, 4.69) is 31.9 Å². The predicted molar refractivity (Wildman–Crippen MR) is 138 cm³/mol. The first-order valence-electron chi connectivity index (χ1n) is 12.5. The molecule has 184 valence electrons. The number of nitrogens with zero attached hydrogens (tertiary/aromatic N) is 4. The molecule has 2 aliphatic rings. The third-order valence-electron chi connectivity index (χ3n) is 6.79. The normalized spacial score (nSPS) is 18.1. The maximum Gasteiger partial charge on any atom is 0.238 e. The molecule has 1 aromatic heterocycles. The van der Waals surface area contributed by atoms with Gasteiger partial charge in [-0.05, 0) is 75.5 Å². The number of hydrogen-bond acceptors (Lipinski definition) is 6. The van der Waals surface area contributed by atoms with E-state index in [0.717, 1.165) is 48.8 Å². The van der Waals surface area contributed by atoms with E-state index in [1.807, 2.05) is 54.6 Å².